The molecule has 1 aliphatic rings. The molecule has 24 heavy (non-hydrogen) atoms. The normalized spacial score (nSPS) is 14.8. The van der Waals surface area contributed by atoms with Gasteiger partial charge in [0, 0.05) is 0 Å². The standard InChI is InChI=1S/C18H12Cl3NO2/c1-9-3-4-11(7-10(9)2)15-16(21)18(24)22(17(15)23)12-5-6-13(19)14(20)8-12/h3-8H,1-2H3. The van der Waals surface area contributed by atoms with Gasteiger partial charge in [-0.25, -0.2) is 4.90 Å². The van der Waals surface area contributed by atoms with E-state index in [0.29, 0.717) is 16.3 Å². The third-order valence-electron chi connectivity index (χ3n) is 3.98. The first-order valence-electron chi connectivity index (χ1n) is 7.12. The van der Waals surface area contributed by atoms with Crippen LogP contribution in [0.3, 0.4) is 0 Å². The Balaban J connectivity index is 2.07. The number of amides is 2. The van der Waals surface area contributed by atoms with Crippen LogP contribution in [0.4, 0.5) is 5.69 Å². The van der Waals surface area contributed by atoms with Crippen LogP contribution < -0.4 is 4.90 Å². The van der Waals surface area contributed by atoms with Crippen molar-refractivity contribution in [2.24, 2.45) is 0 Å². The zero-order chi connectivity index (χ0) is 17.6. The molecule has 0 unspecified atom stereocenters. The van der Waals surface area contributed by atoms with E-state index in [4.69, 9.17) is 34.8 Å². The second-order valence-corrected chi connectivity index (χ2v) is 6.72. The molecule has 2 aromatic rings. The summed E-state index contributed by atoms with van der Waals surface area (Å²) in [6.07, 6.45) is 0. The number of nitrogens with zero attached hydrogens (tertiary/aromatic N) is 1. The number of hydrogen-bond acceptors (Lipinski definition) is 2. The van der Waals surface area contributed by atoms with Gasteiger partial charge in [-0.1, -0.05) is 53.0 Å². The van der Waals surface area contributed by atoms with Gasteiger partial charge in [-0.3, -0.25) is 9.59 Å². The van der Waals surface area contributed by atoms with Gasteiger partial charge < -0.3 is 0 Å². The molecule has 0 bridgehead atoms. The predicted octanol–water partition coefficient (Wildman–Crippen LogP) is 5.13. The number of carbonyl (C=O) groups excluding carboxylic acids is 2. The van der Waals surface area contributed by atoms with Crippen LogP contribution in [0, 0.1) is 13.8 Å². The average molecular weight is 381 g/mol. The molecule has 3 rings (SSSR count). The van der Waals surface area contributed by atoms with Gasteiger partial charge in [-0.2, -0.15) is 0 Å². The fourth-order valence-electron chi connectivity index (χ4n) is 2.51. The zero-order valence-electron chi connectivity index (χ0n) is 12.9. The highest BCUT2D eigenvalue weighted by molar-refractivity contribution is 6.60. The molecule has 0 atom stereocenters. The molecule has 1 heterocycles. The maximum absolute atomic E-state index is 12.8. The fourth-order valence-corrected chi connectivity index (χ4v) is 3.08. The maximum Gasteiger partial charge on any atom is 0.277 e. The Morgan fingerprint density at radius 2 is 1.50 bits per heavy atom. The predicted molar refractivity (Wildman–Crippen MR) is 97.6 cm³/mol. The largest absolute Gasteiger partial charge is 0.277 e. The lowest BCUT2D eigenvalue weighted by molar-refractivity contribution is -0.119. The van der Waals surface area contributed by atoms with E-state index < -0.39 is 11.8 Å². The van der Waals surface area contributed by atoms with Crippen LogP contribution in [-0.2, 0) is 9.59 Å². The van der Waals surface area contributed by atoms with Crippen molar-refractivity contribution in [1.29, 1.82) is 0 Å². The van der Waals surface area contributed by atoms with Gasteiger partial charge in [0.1, 0.15) is 5.03 Å². The van der Waals surface area contributed by atoms with E-state index in [-0.39, 0.29) is 15.6 Å². The molecule has 122 valence electrons. The Bertz CT molecular complexity index is 918. The summed E-state index contributed by atoms with van der Waals surface area (Å²) < 4.78 is 0. The number of aryl methyl sites for hydroxylation is 2. The third kappa shape index (κ3) is 2.73. The van der Waals surface area contributed by atoms with Crippen LogP contribution in [-0.4, -0.2) is 11.8 Å². The molecule has 0 saturated carbocycles. The van der Waals surface area contributed by atoms with E-state index in [1.807, 2.05) is 26.0 Å². The Kier molecular flexibility index (Phi) is 4.43. The SMILES string of the molecule is Cc1ccc(C2=C(Cl)C(=O)N(c3ccc(Cl)c(Cl)c3)C2=O)cc1C. The van der Waals surface area contributed by atoms with Crippen LogP contribution in [0.15, 0.2) is 41.4 Å². The third-order valence-corrected chi connectivity index (χ3v) is 5.07. The van der Waals surface area contributed by atoms with Crippen LogP contribution in [0.5, 0.6) is 0 Å². The van der Waals surface area contributed by atoms with Gasteiger partial charge in [0.05, 0.1) is 21.3 Å². The van der Waals surface area contributed by atoms with Gasteiger partial charge in [0.15, 0.2) is 0 Å². The number of hydrogen-bond donors (Lipinski definition) is 0. The molecule has 0 aromatic heterocycles. The lowest BCUT2D eigenvalue weighted by Crippen LogP contribution is -2.31. The molecular formula is C18H12Cl3NO2. The van der Waals surface area contributed by atoms with Crippen molar-refractivity contribution in [3.8, 4) is 0 Å². The number of carbonyl (C=O) groups is 2. The summed E-state index contributed by atoms with van der Waals surface area (Å²) in [6, 6.07) is 10.1. The fraction of sp³-hybridized carbons (Fsp3) is 0.111. The molecule has 2 amide bonds. The Morgan fingerprint density at radius 1 is 0.792 bits per heavy atom. The quantitative estimate of drug-likeness (QED) is 0.677. The molecule has 0 aliphatic carbocycles. The van der Waals surface area contributed by atoms with Gasteiger partial charge >= 0.3 is 0 Å². The Labute approximate surface area is 154 Å². The van der Waals surface area contributed by atoms with Gasteiger partial charge in [0.2, 0.25) is 0 Å². The molecule has 6 heteroatoms. The molecular weight excluding hydrogens is 369 g/mol. The van der Waals surface area contributed by atoms with Crippen molar-refractivity contribution in [1.82, 2.24) is 0 Å². The monoisotopic (exact) mass is 379 g/mol. The highest BCUT2D eigenvalue weighted by Gasteiger charge is 2.39. The van der Waals surface area contributed by atoms with Gasteiger partial charge in [0.25, 0.3) is 11.8 Å². The van der Waals surface area contributed by atoms with Crippen molar-refractivity contribution in [2.45, 2.75) is 13.8 Å². The minimum atomic E-state index is -0.576. The van der Waals surface area contributed by atoms with Crippen LogP contribution >= 0.6 is 34.8 Å². The number of halogens is 3. The second kappa shape index (κ2) is 6.25. The highest BCUT2D eigenvalue weighted by atomic mass is 35.5. The Morgan fingerprint density at radius 3 is 2.12 bits per heavy atom. The van der Waals surface area contributed by atoms with E-state index >= 15 is 0 Å². The van der Waals surface area contributed by atoms with Gasteiger partial charge in [-0.15, -0.1) is 0 Å². The first-order chi connectivity index (χ1) is 11.3. The summed E-state index contributed by atoms with van der Waals surface area (Å²) in [5, 5.41) is 0.493. The summed E-state index contributed by atoms with van der Waals surface area (Å²) in [4.78, 5) is 26.3. The summed E-state index contributed by atoms with van der Waals surface area (Å²) in [5.41, 5.74) is 3.24. The lowest BCUT2D eigenvalue weighted by Gasteiger charge is -2.15. The minimum absolute atomic E-state index is 0.102. The molecule has 0 radical (unpaired) electrons. The van der Waals surface area contributed by atoms with E-state index in [1.54, 1.807) is 12.1 Å². The van der Waals surface area contributed by atoms with Crippen molar-refractivity contribution in [2.75, 3.05) is 4.90 Å². The highest BCUT2D eigenvalue weighted by Crippen LogP contribution is 2.37. The first kappa shape index (κ1) is 17.0. The van der Waals surface area contributed by atoms with Crippen molar-refractivity contribution < 1.29 is 9.59 Å². The van der Waals surface area contributed by atoms with Crippen molar-refractivity contribution >= 4 is 57.9 Å². The van der Waals surface area contributed by atoms with Crippen LogP contribution in [0.1, 0.15) is 16.7 Å². The number of anilines is 1. The maximum atomic E-state index is 12.8. The number of rotatable bonds is 2. The van der Waals surface area contributed by atoms with Gasteiger partial charge in [-0.05, 0) is 48.7 Å². The van der Waals surface area contributed by atoms with E-state index in [9.17, 15) is 9.59 Å². The summed E-state index contributed by atoms with van der Waals surface area (Å²) in [5.74, 6) is -1.06. The lowest BCUT2D eigenvalue weighted by atomic mass is 10.0. The second-order valence-electron chi connectivity index (χ2n) is 5.53. The first-order valence-corrected chi connectivity index (χ1v) is 8.26. The Hall–Kier alpha value is -1.81. The van der Waals surface area contributed by atoms with Crippen LogP contribution in [0.25, 0.3) is 5.57 Å². The smallest absolute Gasteiger partial charge is 0.268 e. The van der Waals surface area contributed by atoms with Crippen LogP contribution in [0.2, 0.25) is 10.0 Å². The molecule has 1 aliphatic heterocycles. The molecule has 0 spiro atoms. The van der Waals surface area contributed by atoms with Crippen molar-refractivity contribution in [3.63, 3.8) is 0 Å². The summed E-state index contributed by atoms with van der Waals surface area (Å²) >= 11 is 18.1. The topological polar surface area (TPSA) is 37.4 Å². The zero-order valence-corrected chi connectivity index (χ0v) is 15.1. The average Bonchev–Trinajstić information content (AvgIpc) is 2.75. The summed E-state index contributed by atoms with van der Waals surface area (Å²) in [7, 11) is 0. The summed E-state index contributed by atoms with van der Waals surface area (Å²) in [6.45, 7) is 3.91. The molecule has 2 aromatic carbocycles. The van der Waals surface area contributed by atoms with Crippen molar-refractivity contribution in [3.05, 3.63) is 68.2 Å². The molecule has 0 saturated heterocycles. The molecule has 0 N–H and O–H groups in total. The number of imide groups is 1. The van der Waals surface area contributed by atoms with E-state index in [1.165, 1.54) is 12.1 Å². The molecule has 0 fully saturated rings. The minimum Gasteiger partial charge on any atom is -0.268 e. The van der Waals surface area contributed by atoms with E-state index in [0.717, 1.165) is 16.0 Å². The van der Waals surface area contributed by atoms with E-state index in [2.05, 4.69) is 0 Å². The number of benzene rings is 2. The molecule has 3 nitrogen and oxygen atoms in total.